The molecular formula is C46H34FIrN3O-2. The maximum Gasteiger partial charge on any atom is 0.130 e. The van der Waals surface area contributed by atoms with Crippen LogP contribution in [0.4, 0.5) is 4.39 Å². The number of pyridine rings is 2. The van der Waals surface area contributed by atoms with E-state index in [1.165, 1.54) is 5.56 Å². The molecule has 0 atom stereocenters. The molecule has 52 heavy (non-hydrogen) atoms. The summed E-state index contributed by atoms with van der Waals surface area (Å²) in [6.45, 7) is 3.97. The Kier molecular flexibility index (Phi) is 9.44. The zero-order chi connectivity index (χ0) is 38.0. The van der Waals surface area contributed by atoms with Gasteiger partial charge in [-0.1, -0.05) is 105 Å². The normalized spacial score (nSPS) is 12.1. The molecule has 0 fully saturated rings. The number of benzene rings is 5. The van der Waals surface area contributed by atoms with Crippen molar-refractivity contribution in [1.82, 2.24) is 9.97 Å². The smallest absolute Gasteiger partial charge is 0.130 e. The average molecular weight is 859 g/mol. The summed E-state index contributed by atoms with van der Waals surface area (Å²) in [5.74, 6) is -0.873. The molecule has 4 nitrogen and oxygen atoms in total. The predicted molar refractivity (Wildman–Crippen MR) is 203 cm³/mol. The van der Waals surface area contributed by atoms with E-state index in [4.69, 9.17) is 8.53 Å². The second-order valence-corrected chi connectivity index (χ2v) is 13.1. The van der Waals surface area contributed by atoms with Gasteiger partial charge in [-0.2, -0.15) is 5.26 Å². The van der Waals surface area contributed by atoms with Crippen LogP contribution in [0, 0.1) is 36.1 Å². The third kappa shape index (κ3) is 7.34. The maximum atomic E-state index is 14.7. The zero-order valence-electron chi connectivity index (χ0n) is 31.7. The Morgan fingerprint density at radius 1 is 0.731 bits per heavy atom. The second kappa shape index (κ2) is 15.3. The van der Waals surface area contributed by atoms with Crippen molar-refractivity contribution in [3.63, 3.8) is 0 Å². The molecule has 0 saturated heterocycles. The van der Waals surface area contributed by atoms with Crippen molar-refractivity contribution in [2.24, 2.45) is 0 Å². The summed E-state index contributed by atoms with van der Waals surface area (Å²) in [5.41, 5.74) is 8.62. The summed E-state index contributed by atoms with van der Waals surface area (Å²) in [7, 11) is 0. The summed E-state index contributed by atoms with van der Waals surface area (Å²) in [4.78, 5) is 8.69. The van der Waals surface area contributed by atoms with Gasteiger partial charge in [0.25, 0.3) is 0 Å². The number of fused-ring (bicyclic) bond motifs is 3. The SMILES string of the molecule is CC(C)(C)c1ccc(-c2[c-]cccc2)nc1.[2H]C([2H])([2H])c1cnc(-c2[c-]ccc3c2oc2c(-c4ccc(-c5ccccc5)cc4)c(C#N)ccc23)cc1F.[Ir]. The Hall–Kier alpha value is -5.73. The van der Waals surface area contributed by atoms with E-state index in [0.29, 0.717) is 27.9 Å². The number of furan rings is 1. The largest absolute Gasteiger partial charge is 0.500 e. The molecule has 0 amide bonds. The molecule has 6 heteroatoms. The van der Waals surface area contributed by atoms with Gasteiger partial charge in [-0.15, -0.1) is 54.1 Å². The van der Waals surface area contributed by atoms with E-state index in [-0.39, 0.29) is 31.2 Å². The first-order chi connectivity index (χ1) is 25.9. The van der Waals surface area contributed by atoms with Crippen molar-refractivity contribution in [2.45, 2.75) is 33.0 Å². The van der Waals surface area contributed by atoms with Gasteiger partial charge >= 0.3 is 0 Å². The Bertz CT molecular complexity index is 2630. The summed E-state index contributed by atoms with van der Waals surface area (Å²) in [6.07, 6.45) is 2.98. The van der Waals surface area contributed by atoms with Gasteiger partial charge in [0.2, 0.25) is 0 Å². The molecule has 0 N–H and O–H groups in total. The predicted octanol–water partition coefficient (Wildman–Crippen LogP) is 11.9. The van der Waals surface area contributed by atoms with E-state index in [2.05, 4.69) is 61.1 Å². The number of aromatic nitrogens is 2. The van der Waals surface area contributed by atoms with E-state index >= 15 is 0 Å². The van der Waals surface area contributed by atoms with E-state index in [0.717, 1.165) is 51.0 Å². The van der Waals surface area contributed by atoms with E-state index < -0.39 is 18.2 Å². The molecule has 0 unspecified atom stereocenters. The molecule has 0 aliphatic carbocycles. The fraction of sp³-hybridized carbons (Fsp3) is 0.109. The van der Waals surface area contributed by atoms with E-state index in [1.807, 2.05) is 97.2 Å². The molecule has 8 rings (SSSR count). The van der Waals surface area contributed by atoms with Crippen molar-refractivity contribution < 1.29 is 33.0 Å². The molecule has 0 spiro atoms. The molecule has 3 heterocycles. The number of halogens is 1. The fourth-order valence-corrected chi connectivity index (χ4v) is 5.95. The number of rotatable bonds is 4. The summed E-state index contributed by atoms with van der Waals surface area (Å²) >= 11 is 0. The molecular weight excluding hydrogens is 822 g/mol. The molecule has 8 aromatic rings. The molecule has 1 radical (unpaired) electrons. The Morgan fingerprint density at radius 2 is 1.44 bits per heavy atom. The minimum absolute atomic E-state index is 0. The third-order valence-corrected chi connectivity index (χ3v) is 8.73. The maximum absolute atomic E-state index is 14.7. The molecule has 0 saturated carbocycles. The van der Waals surface area contributed by atoms with Gasteiger partial charge in [0.15, 0.2) is 0 Å². The van der Waals surface area contributed by atoms with Gasteiger partial charge in [0, 0.05) is 53.1 Å². The number of hydrogen-bond acceptors (Lipinski definition) is 4. The minimum Gasteiger partial charge on any atom is -0.500 e. The average Bonchev–Trinajstić information content (AvgIpc) is 3.57. The van der Waals surface area contributed by atoms with Crippen LogP contribution in [-0.2, 0) is 25.5 Å². The van der Waals surface area contributed by atoms with Gasteiger partial charge in [-0.25, -0.2) is 4.39 Å². The Labute approximate surface area is 321 Å². The van der Waals surface area contributed by atoms with Crippen LogP contribution in [0.15, 0.2) is 138 Å². The third-order valence-electron chi connectivity index (χ3n) is 8.73. The van der Waals surface area contributed by atoms with E-state index in [1.54, 1.807) is 12.1 Å². The first-order valence-corrected chi connectivity index (χ1v) is 16.5. The van der Waals surface area contributed by atoms with Gasteiger partial charge in [0.05, 0.1) is 17.2 Å². The Balaban J connectivity index is 0.000000254. The van der Waals surface area contributed by atoms with Crippen LogP contribution >= 0.6 is 0 Å². The molecule has 0 aliphatic rings. The van der Waals surface area contributed by atoms with Crippen LogP contribution < -0.4 is 0 Å². The van der Waals surface area contributed by atoms with Crippen LogP contribution in [-0.4, -0.2) is 9.97 Å². The fourth-order valence-electron chi connectivity index (χ4n) is 5.95. The van der Waals surface area contributed by atoms with Crippen LogP contribution in [0.25, 0.3) is 66.7 Å². The van der Waals surface area contributed by atoms with Crippen molar-refractivity contribution in [1.29, 1.82) is 5.26 Å². The van der Waals surface area contributed by atoms with Crippen molar-refractivity contribution >= 4 is 21.9 Å². The monoisotopic (exact) mass is 859 g/mol. The van der Waals surface area contributed by atoms with Crippen LogP contribution in [0.2, 0.25) is 0 Å². The summed E-state index contributed by atoms with van der Waals surface area (Å²) in [6, 6.07) is 46.8. The van der Waals surface area contributed by atoms with E-state index in [9.17, 15) is 9.65 Å². The zero-order valence-corrected chi connectivity index (χ0v) is 31.1. The van der Waals surface area contributed by atoms with Gasteiger partial charge in [-0.3, -0.25) is 0 Å². The second-order valence-electron chi connectivity index (χ2n) is 13.1. The van der Waals surface area contributed by atoms with Crippen LogP contribution in [0.3, 0.4) is 0 Å². The van der Waals surface area contributed by atoms with Crippen molar-refractivity contribution in [3.8, 4) is 50.8 Å². The standard InChI is InChI=1S/C31H18FN2O.C15H16N.Ir/c1-19-18-34-28(16-27(19)32)26-9-5-8-24-25-15-14-23(17-33)29(31(25)35-30(24)26)22-12-10-21(11-13-22)20-6-3-2-4-7-20;1-15(2,3)13-9-10-14(16-11-13)12-7-5-4-6-8-12;/h2-8,10-16,18H,1H3;4-7,9-11H,1-3H3;/q2*-1;/i1D3;;. The molecule has 0 aliphatic heterocycles. The van der Waals surface area contributed by atoms with Crippen LogP contribution in [0.1, 0.15) is 41.6 Å². The van der Waals surface area contributed by atoms with Crippen LogP contribution in [0.5, 0.6) is 0 Å². The Morgan fingerprint density at radius 3 is 2.10 bits per heavy atom. The summed E-state index contributed by atoms with van der Waals surface area (Å²) < 4.78 is 43.6. The quantitative estimate of drug-likeness (QED) is 0.165. The molecule has 5 aromatic carbocycles. The van der Waals surface area contributed by atoms with Gasteiger partial charge < -0.3 is 14.4 Å². The minimum atomic E-state index is -2.61. The number of nitrogens with zero attached hydrogens (tertiary/aromatic N) is 3. The topological polar surface area (TPSA) is 62.7 Å². The van der Waals surface area contributed by atoms with Crippen molar-refractivity contribution in [2.75, 3.05) is 0 Å². The first-order valence-electron chi connectivity index (χ1n) is 18.0. The number of aryl methyl sites for hydroxylation is 1. The number of hydrogen-bond donors (Lipinski definition) is 0. The molecule has 0 bridgehead atoms. The van der Waals surface area contributed by atoms with Gasteiger partial charge in [-0.05, 0) is 58.0 Å². The molecule has 257 valence electrons. The van der Waals surface area contributed by atoms with Crippen molar-refractivity contribution in [3.05, 3.63) is 168 Å². The van der Waals surface area contributed by atoms with Gasteiger partial charge in [0.1, 0.15) is 11.4 Å². The molecule has 3 aromatic heterocycles. The number of nitriles is 1. The first kappa shape index (κ1) is 32.2. The summed E-state index contributed by atoms with van der Waals surface area (Å²) in [5, 5.41) is 11.4.